The molecule has 2 aromatic carbocycles. The highest BCUT2D eigenvalue weighted by Crippen LogP contribution is 2.45. The number of fused-ring (bicyclic) bond motifs is 1. The third-order valence-electron chi connectivity index (χ3n) is 9.64. The second kappa shape index (κ2) is 20.4. The number of methoxy groups -OCH3 is 2. The molecule has 0 aromatic heterocycles. The van der Waals surface area contributed by atoms with E-state index in [0.29, 0.717) is 24.0 Å². The first kappa shape index (κ1) is 36.0. The Kier molecular flexibility index (Phi) is 16.0. The van der Waals surface area contributed by atoms with Gasteiger partial charge in [0.05, 0.1) is 14.2 Å². The van der Waals surface area contributed by atoms with E-state index in [1.807, 2.05) is 12.1 Å². The second-order valence-electron chi connectivity index (χ2n) is 13.3. The molecule has 1 unspecified atom stereocenters. The molecule has 2 aromatic rings. The van der Waals surface area contributed by atoms with Crippen molar-refractivity contribution in [3.63, 3.8) is 0 Å². The Bertz CT molecular complexity index is 1190. The van der Waals surface area contributed by atoms with Crippen LogP contribution in [-0.4, -0.2) is 51.4 Å². The second-order valence-corrected chi connectivity index (χ2v) is 13.3. The van der Waals surface area contributed by atoms with Gasteiger partial charge in [-0.3, -0.25) is 4.90 Å². The molecule has 4 rings (SSSR count). The number of benzene rings is 2. The zero-order valence-corrected chi connectivity index (χ0v) is 28.9. The first-order chi connectivity index (χ1) is 22.6. The highest BCUT2D eigenvalue weighted by atomic mass is 16.6. The van der Waals surface area contributed by atoms with Crippen molar-refractivity contribution in [2.75, 3.05) is 40.5 Å². The molecule has 0 spiro atoms. The number of hydrogen-bond acceptors (Lipinski definition) is 6. The first-order valence-corrected chi connectivity index (χ1v) is 18.1. The van der Waals surface area contributed by atoms with Crippen molar-refractivity contribution in [2.45, 2.75) is 116 Å². The number of esters is 1. The van der Waals surface area contributed by atoms with Crippen molar-refractivity contribution in [3.8, 4) is 11.5 Å². The lowest BCUT2D eigenvalue weighted by molar-refractivity contribution is -0.153. The fraction of sp³-hybridized carbons (Fsp3) is 0.625. The number of piperidine rings is 1. The van der Waals surface area contributed by atoms with Crippen LogP contribution in [0.1, 0.15) is 126 Å². The van der Waals surface area contributed by atoms with E-state index < -0.39 is 6.10 Å². The molecule has 6 heteroatoms. The van der Waals surface area contributed by atoms with Crippen molar-refractivity contribution in [1.82, 2.24) is 4.90 Å². The van der Waals surface area contributed by atoms with Crippen LogP contribution in [0.5, 0.6) is 11.5 Å². The normalized spacial score (nSPS) is 16.7. The van der Waals surface area contributed by atoms with Crippen LogP contribution in [0.2, 0.25) is 0 Å². The SMILES string of the molecule is CCCCCCCCCCCCCCOCC(=O)OC1C(CC2CCN(Cc3ccccc3)CC2)=Cc2cc(OC)c(OC)cc21. The summed E-state index contributed by atoms with van der Waals surface area (Å²) in [6.07, 6.45) is 20.6. The standard InChI is InChI=1S/C40H59NO5/c1-4-5-6-7-8-9-10-11-12-13-14-18-25-45-31-39(42)46-40-35(27-34-28-37(43-2)38(44-3)29-36(34)40)26-32-21-23-41(24-22-32)30-33-19-16-15-17-20-33/h15-17,19-20,27-29,32,40H,4-14,18,21-26,30-31H2,1-3H3. The number of ether oxygens (including phenoxy) is 4. The minimum Gasteiger partial charge on any atom is -0.493 e. The summed E-state index contributed by atoms with van der Waals surface area (Å²) in [5.74, 6) is 1.58. The van der Waals surface area contributed by atoms with Crippen LogP contribution in [-0.2, 0) is 20.8 Å². The van der Waals surface area contributed by atoms with Crippen LogP contribution in [0.3, 0.4) is 0 Å². The quantitative estimate of drug-likeness (QED) is 0.0951. The van der Waals surface area contributed by atoms with Crippen LogP contribution < -0.4 is 9.47 Å². The van der Waals surface area contributed by atoms with E-state index in [0.717, 1.165) is 68.4 Å². The maximum Gasteiger partial charge on any atom is 0.333 e. The van der Waals surface area contributed by atoms with Crippen molar-refractivity contribution in [2.24, 2.45) is 5.92 Å². The topological polar surface area (TPSA) is 57.2 Å². The molecule has 0 saturated carbocycles. The van der Waals surface area contributed by atoms with E-state index in [1.54, 1.807) is 14.2 Å². The Balaban J connectivity index is 1.20. The van der Waals surface area contributed by atoms with E-state index >= 15 is 0 Å². The van der Waals surface area contributed by atoms with Crippen LogP contribution in [0, 0.1) is 5.92 Å². The molecule has 1 saturated heterocycles. The molecular formula is C40H59NO5. The van der Waals surface area contributed by atoms with Gasteiger partial charge in [-0.1, -0.05) is 114 Å². The minimum atomic E-state index is -0.417. The molecule has 1 aliphatic carbocycles. The molecular weight excluding hydrogens is 574 g/mol. The average molecular weight is 634 g/mol. The van der Waals surface area contributed by atoms with E-state index in [2.05, 4.69) is 48.2 Å². The number of hydrogen-bond donors (Lipinski definition) is 0. The summed E-state index contributed by atoms with van der Waals surface area (Å²) in [7, 11) is 3.29. The summed E-state index contributed by atoms with van der Waals surface area (Å²) in [5, 5.41) is 0. The third kappa shape index (κ3) is 11.8. The summed E-state index contributed by atoms with van der Waals surface area (Å²) in [6, 6.07) is 14.7. The summed E-state index contributed by atoms with van der Waals surface area (Å²) in [5.41, 5.74) is 4.51. The molecule has 46 heavy (non-hydrogen) atoms. The maximum atomic E-state index is 13.0. The Morgan fingerprint density at radius 3 is 2.04 bits per heavy atom. The summed E-state index contributed by atoms with van der Waals surface area (Å²) >= 11 is 0. The molecule has 6 nitrogen and oxygen atoms in total. The van der Waals surface area contributed by atoms with Gasteiger partial charge in [0.15, 0.2) is 11.5 Å². The minimum absolute atomic E-state index is 0.0116. The largest absolute Gasteiger partial charge is 0.493 e. The lowest BCUT2D eigenvalue weighted by Crippen LogP contribution is -2.33. The molecule has 0 radical (unpaired) electrons. The molecule has 1 atom stereocenters. The van der Waals surface area contributed by atoms with Gasteiger partial charge in [0.25, 0.3) is 0 Å². The zero-order chi connectivity index (χ0) is 32.4. The van der Waals surface area contributed by atoms with Crippen molar-refractivity contribution in [3.05, 3.63) is 64.7 Å². The predicted octanol–water partition coefficient (Wildman–Crippen LogP) is 9.71. The lowest BCUT2D eigenvalue weighted by atomic mass is 9.88. The molecule has 1 aliphatic heterocycles. The van der Waals surface area contributed by atoms with Gasteiger partial charge < -0.3 is 18.9 Å². The Morgan fingerprint density at radius 1 is 0.804 bits per heavy atom. The summed E-state index contributed by atoms with van der Waals surface area (Å²) in [6.45, 7) is 6.03. The number of carbonyl (C=O) groups is 1. The predicted molar refractivity (Wildman–Crippen MR) is 187 cm³/mol. The summed E-state index contributed by atoms with van der Waals surface area (Å²) in [4.78, 5) is 15.6. The van der Waals surface area contributed by atoms with Crippen LogP contribution in [0.4, 0.5) is 0 Å². The lowest BCUT2D eigenvalue weighted by Gasteiger charge is -2.33. The van der Waals surface area contributed by atoms with E-state index in [9.17, 15) is 4.79 Å². The molecule has 0 amide bonds. The highest BCUT2D eigenvalue weighted by Gasteiger charge is 2.33. The molecule has 1 fully saturated rings. The van der Waals surface area contributed by atoms with Gasteiger partial charge in [0, 0.05) is 18.7 Å². The van der Waals surface area contributed by atoms with Crippen molar-refractivity contribution >= 4 is 12.0 Å². The monoisotopic (exact) mass is 633 g/mol. The summed E-state index contributed by atoms with van der Waals surface area (Å²) < 4.78 is 23.1. The van der Waals surface area contributed by atoms with E-state index in [4.69, 9.17) is 18.9 Å². The first-order valence-electron chi connectivity index (χ1n) is 18.1. The van der Waals surface area contributed by atoms with Crippen LogP contribution in [0.25, 0.3) is 6.08 Å². The number of unbranched alkanes of at least 4 members (excludes halogenated alkanes) is 11. The molecule has 254 valence electrons. The Hall–Kier alpha value is -2.83. The molecule has 2 aliphatic rings. The van der Waals surface area contributed by atoms with Gasteiger partial charge in [-0.25, -0.2) is 4.79 Å². The van der Waals surface area contributed by atoms with Gasteiger partial charge in [0.2, 0.25) is 0 Å². The van der Waals surface area contributed by atoms with Crippen molar-refractivity contribution < 1.29 is 23.7 Å². The van der Waals surface area contributed by atoms with E-state index in [-0.39, 0.29) is 12.6 Å². The molecule has 0 N–H and O–H groups in total. The Labute approximate surface area is 278 Å². The van der Waals surface area contributed by atoms with Gasteiger partial charge in [-0.2, -0.15) is 0 Å². The number of likely N-dealkylation sites (tertiary alicyclic amines) is 1. The van der Waals surface area contributed by atoms with Gasteiger partial charge in [0.1, 0.15) is 12.7 Å². The van der Waals surface area contributed by atoms with Crippen molar-refractivity contribution in [1.29, 1.82) is 0 Å². The van der Waals surface area contributed by atoms with Gasteiger partial charge in [-0.05, 0) is 73.5 Å². The fourth-order valence-electron chi connectivity index (χ4n) is 6.93. The van der Waals surface area contributed by atoms with Gasteiger partial charge in [-0.15, -0.1) is 0 Å². The number of nitrogens with zero attached hydrogens (tertiary/aromatic N) is 1. The highest BCUT2D eigenvalue weighted by molar-refractivity contribution is 5.75. The Morgan fingerprint density at radius 2 is 1.41 bits per heavy atom. The smallest absolute Gasteiger partial charge is 0.333 e. The molecule has 0 bridgehead atoms. The zero-order valence-electron chi connectivity index (χ0n) is 28.9. The van der Waals surface area contributed by atoms with Gasteiger partial charge >= 0.3 is 5.97 Å². The average Bonchev–Trinajstić information content (AvgIpc) is 3.40. The maximum absolute atomic E-state index is 13.0. The number of carbonyl (C=O) groups excluding carboxylic acids is 1. The fourth-order valence-corrected chi connectivity index (χ4v) is 6.93. The number of rotatable bonds is 22. The third-order valence-corrected chi connectivity index (χ3v) is 9.64. The van der Waals surface area contributed by atoms with E-state index in [1.165, 1.54) is 69.8 Å². The van der Waals surface area contributed by atoms with Crippen LogP contribution in [0.15, 0.2) is 48.0 Å². The molecule has 1 heterocycles. The van der Waals surface area contributed by atoms with Crippen LogP contribution >= 0.6 is 0 Å².